The summed E-state index contributed by atoms with van der Waals surface area (Å²) in [4.78, 5) is 32.1. The van der Waals surface area contributed by atoms with Crippen LogP contribution in [0.25, 0.3) is 0 Å². The van der Waals surface area contributed by atoms with E-state index in [2.05, 4.69) is 38.4 Å². The third-order valence-corrected chi connectivity index (χ3v) is 6.11. The lowest BCUT2D eigenvalue weighted by Gasteiger charge is -2.33. The summed E-state index contributed by atoms with van der Waals surface area (Å²) in [7, 11) is 0. The number of piperidine rings is 1. The van der Waals surface area contributed by atoms with E-state index < -0.39 is 0 Å². The standard InChI is InChI=1S/C20H24BrN3O2S/c1-13(2)19(26)24-9-3-4-15(12-24)18(25)23-20-22-11-17(27-20)10-14-5-7-16(21)8-6-14/h5-8,11,13,15H,3-4,9-10,12H2,1-2H3,(H,22,23,25). The number of benzene rings is 1. The maximum Gasteiger partial charge on any atom is 0.231 e. The van der Waals surface area contributed by atoms with Crippen molar-refractivity contribution >= 4 is 44.2 Å². The molecule has 0 spiro atoms. The van der Waals surface area contributed by atoms with Gasteiger partial charge in [0.25, 0.3) is 0 Å². The summed E-state index contributed by atoms with van der Waals surface area (Å²) < 4.78 is 1.06. The Kier molecular flexibility index (Phi) is 6.65. The van der Waals surface area contributed by atoms with Gasteiger partial charge in [0, 0.05) is 41.0 Å². The average Bonchev–Trinajstić information content (AvgIpc) is 3.09. The molecule has 1 unspecified atom stereocenters. The summed E-state index contributed by atoms with van der Waals surface area (Å²) in [5, 5.41) is 3.56. The van der Waals surface area contributed by atoms with Crippen LogP contribution < -0.4 is 5.32 Å². The smallest absolute Gasteiger partial charge is 0.231 e. The maximum atomic E-state index is 12.6. The zero-order valence-corrected chi connectivity index (χ0v) is 18.0. The monoisotopic (exact) mass is 449 g/mol. The van der Waals surface area contributed by atoms with Gasteiger partial charge in [0.05, 0.1) is 5.92 Å². The number of nitrogens with one attached hydrogen (secondary N) is 1. The van der Waals surface area contributed by atoms with E-state index in [0.29, 0.717) is 11.7 Å². The van der Waals surface area contributed by atoms with E-state index in [0.717, 1.165) is 35.2 Å². The van der Waals surface area contributed by atoms with E-state index in [1.165, 1.54) is 16.9 Å². The van der Waals surface area contributed by atoms with Crippen molar-refractivity contribution in [3.63, 3.8) is 0 Å². The number of anilines is 1. The first kappa shape index (κ1) is 20.0. The molecule has 27 heavy (non-hydrogen) atoms. The molecule has 5 nitrogen and oxygen atoms in total. The molecule has 0 aliphatic carbocycles. The molecule has 1 aromatic carbocycles. The van der Waals surface area contributed by atoms with Gasteiger partial charge in [-0.2, -0.15) is 0 Å². The number of hydrogen-bond donors (Lipinski definition) is 1. The Morgan fingerprint density at radius 3 is 2.78 bits per heavy atom. The highest BCUT2D eigenvalue weighted by atomic mass is 79.9. The SMILES string of the molecule is CC(C)C(=O)N1CCCC(C(=O)Nc2ncc(Cc3ccc(Br)cc3)s2)C1. The number of carbonyl (C=O) groups is 2. The van der Waals surface area contributed by atoms with Crippen molar-refractivity contribution in [2.45, 2.75) is 33.1 Å². The van der Waals surface area contributed by atoms with Crippen LogP contribution in [0.1, 0.15) is 37.1 Å². The van der Waals surface area contributed by atoms with Crippen LogP contribution in [0.5, 0.6) is 0 Å². The number of thiazole rings is 1. The average molecular weight is 450 g/mol. The molecule has 0 bridgehead atoms. The van der Waals surface area contributed by atoms with Gasteiger partial charge in [-0.1, -0.05) is 41.9 Å². The third-order valence-electron chi connectivity index (χ3n) is 4.67. The van der Waals surface area contributed by atoms with Crippen molar-refractivity contribution < 1.29 is 9.59 Å². The van der Waals surface area contributed by atoms with Crippen molar-refractivity contribution in [1.82, 2.24) is 9.88 Å². The molecule has 1 aliphatic heterocycles. The molecule has 1 fully saturated rings. The highest BCUT2D eigenvalue weighted by molar-refractivity contribution is 9.10. The lowest BCUT2D eigenvalue weighted by atomic mass is 9.96. The lowest BCUT2D eigenvalue weighted by molar-refractivity contribution is -0.137. The van der Waals surface area contributed by atoms with Crippen molar-refractivity contribution in [3.8, 4) is 0 Å². The van der Waals surface area contributed by atoms with Gasteiger partial charge in [-0.05, 0) is 30.5 Å². The van der Waals surface area contributed by atoms with Gasteiger partial charge < -0.3 is 10.2 Å². The highest BCUT2D eigenvalue weighted by Gasteiger charge is 2.29. The second-order valence-electron chi connectivity index (χ2n) is 7.20. The first-order valence-corrected chi connectivity index (χ1v) is 10.8. The summed E-state index contributed by atoms with van der Waals surface area (Å²) >= 11 is 4.94. The fraction of sp³-hybridized carbons (Fsp3) is 0.450. The number of aromatic nitrogens is 1. The molecular formula is C20H24BrN3O2S. The third kappa shape index (κ3) is 5.39. The van der Waals surface area contributed by atoms with E-state index >= 15 is 0 Å². The van der Waals surface area contributed by atoms with E-state index in [-0.39, 0.29) is 23.7 Å². The topological polar surface area (TPSA) is 62.3 Å². The summed E-state index contributed by atoms with van der Waals surface area (Å²) in [5.74, 6) is -0.119. The molecule has 1 aliphatic rings. The van der Waals surface area contributed by atoms with Crippen molar-refractivity contribution in [1.29, 1.82) is 0 Å². The quantitative estimate of drug-likeness (QED) is 0.738. The number of rotatable bonds is 5. The summed E-state index contributed by atoms with van der Waals surface area (Å²) in [5.41, 5.74) is 1.20. The van der Waals surface area contributed by atoms with Crippen molar-refractivity contribution in [3.05, 3.63) is 45.4 Å². The molecular weight excluding hydrogens is 426 g/mol. The Morgan fingerprint density at radius 2 is 2.07 bits per heavy atom. The van der Waals surface area contributed by atoms with Crippen LogP contribution in [0.15, 0.2) is 34.9 Å². The molecule has 1 N–H and O–H groups in total. The molecule has 1 aromatic heterocycles. The summed E-state index contributed by atoms with van der Waals surface area (Å²) in [6.07, 6.45) is 4.28. The number of carbonyl (C=O) groups excluding carboxylic acids is 2. The van der Waals surface area contributed by atoms with E-state index in [1.807, 2.05) is 37.1 Å². The van der Waals surface area contributed by atoms with Gasteiger partial charge in [0.15, 0.2) is 5.13 Å². The predicted molar refractivity (Wildman–Crippen MR) is 112 cm³/mol. The number of amides is 2. The van der Waals surface area contributed by atoms with Gasteiger partial charge in [0.2, 0.25) is 11.8 Å². The van der Waals surface area contributed by atoms with Crippen LogP contribution in [0.2, 0.25) is 0 Å². The highest BCUT2D eigenvalue weighted by Crippen LogP contribution is 2.24. The maximum absolute atomic E-state index is 12.6. The van der Waals surface area contributed by atoms with Crippen LogP contribution in [0.4, 0.5) is 5.13 Å². The molecule has 0 saturated carbocycles. The van der Waals surface area contributed by atoms with Crippen LogP contribution in [0.3, 0.4) is 0 Å². The normalized spacial score (nSPS) is 17.2. The van der Waals surface area contributed by atoms with Crippen molar-refractivity contribution in [2.75, 3.05) is 18.4 Å². The minimum absolute atomic E-state index is 0.0352. The fourth-order valence-electron chi connectivity index (χ4n) is 3.21. The summed E-state index contributed by atoms with van der Waals surface area (Å²) in [6, 6.07) is 8.19. The minimum Gasteiger partial charge on any atom is -0.342 e. The molecule has 144 valence electrons. The van der Waals surface area contributed by atoms with E-state index in [1.54, 1.807) is 0 Å². The minimum atomic E-state index is -0.166. The number of halogens is 1. The molecule has 2 aromatic rings. The Bertz CT molecular complexity index is 804. The number of likely N-dealkylation sites (tertiary alicyclic amines) is 1. The van der Waals surface area contributed by atoms with Crippen LogP contribution in [-0.2, 0) is 16.0 Å². The zero-order valence-electron chi connectivity index (χ0n) is 15.6. The van der Waals surface area contributed by atoms with Gasteiger partial charge >= 0.3 is 0 Å². The van der Waals surface area contributed by atoms with Crippen LogP contribution in [0, 0.1) is 11.8 Å². The molecule has 7 heteroatoms. The first-order chi connectivity index (χ1) is 12.9. The Balaban J connectivity index is 1.57. The molecule has 1 atom stereocenters. The first-order valence-electron chi connectivity index (χ1n) is 9.21. The van der Waals surface area contributed by atoms with Crippen LogP contribution in [-0.4, -0.2) is 34.8 Å². The van der Waals surface area contributed by atoms with Gasteiger partial charge in [-0.25, -0.2) is 4.98 Å². The van der Waals surface area contributed by atoms with E-state index in [4.69, 9.17) is 0 Å². The Labute approximate surface area is 172 Å². The summed E-state index contributed by atoms with van der Waals surface area (Å²) in [6.45, 7) is 5.04. The molecule has 0 radical (unpaired) electrons. The largest absolute Gasteiger partial charge is 0.342 e. The predicted octanol–water partition coefficient (Wildman–Crippen LogP) is 4.33. The molecule has 3 rings (SSSR count). The molecule has 1 saturated heterocycles. The lowest BCUT2D eigenvalue weighted by Crippen LogP contribution is -2.45. The van der Waals surface area contributed by atoms with Crippen LogP contribution >= 0.6 is 27.3 Å². The second-order valence-corrected chi connectivity index (χ2v) is 9.23. The fourth-order valence-corrected chi connectivity index (χ4v) is 4.33. The molecule has 2 amide bonds. The van der Waals surface area contributed by atoms with Gasteiger partial charge in [-0.15, -0.1) is 11.3 Å². The van der Waals surface area contributed by atoms with E-state index in [9.17, 15) is 9.59 Å². The Morgan fingerprint density at radius 1 is 1.33 bits per heavy atom. The van der Waals surface area contributed by atoms with Gasteiger partial charge in [0.1, 0.15) is 0 Å². The zero-order chi connectivity index (χ0) is 19.4. The number of hydrogen-bond acceptors (Lipinski definition) is 4. The van der Waals surface area contributed by atoms with Crippen molar-refractivity contribution in [2.24, 2.45) is 11.8 Å². The number of nitrogens with zero attached hydrogens (tertiary/aromatic N) is 2. The second kappa shape index (κ2) is 8.97. The molecule has 2 heterocycles. The van der Waals surface area contributed by atoms with Gasteiger partial charge in [-0.3, -0.25) is 9.59 Å². The Hall–Kier alpha value is -1.73.